The number of benzene rings is 2. The summed E-state index contributed by atoms with van der Waals surface area (Å²) in [6.45, 7) is 5.75. The Balaban J connectivity index is 1.69. The highest BCUT2D eigenvalue weighted by Crippen LogP contribution is 2.37. The Morgan fingerprint density at radius 2 is 1.35 bits per heavy atom. The quantitative estimate of drug-likeness (QED) is 0.225. The SMILES string of the molecule is CCCCC(CC)Cn1c2ccc(-c3cccs3)cc2c2cc(-c3cccs3)ccc21. The van der Waals surface area contributed by atoms with Gasteiger partial charge in [-0.1, -0.05) is 57.4 Å². The lowest BCUT2D eigenvalue weighted by atomic mass is 9.99. The Morgan fingerprint density at radius 1 is 0.774 bits per heavy atom. The normalized spacial score (nSPS) is 12.7. The number of thiophene rings is 2. The molecule has 3 heterocycles. The second-order valence-electron chi connectivity index (χ2n) is 8.45. The van der Waals surface area contributed by atoms with Gasteiger partial charge in [-0.25, -0.2) is 0 Å². The van der Waals surface area contributed by atoms with Crippen LogP contribution < -0.4 is 0 Å². The maximum absolute atomic E-state index is 2.59. The summed E-state index contributed by atoms with van der Waals surface area (Å²) in [6, 6.07) is 22.8. The highest BCUT2D eigenvalue weighted by Gasteiger charge is 2.16. The Bertz CT molecular complexity index is 1180. The molecule has 0 N–H and O–H groups in total. The molecule has 3 aromatic heterocycles. The van der Waals surface area contributed by atoms with Crippen LogP contribution in [0.5, 0.6) is 0 Å². The summed E-state index contributed by atoms with van der Waals surface area (Å²) in [5.74, 6) is 0.729. The van der Waals surface area contributed by atoms with E-state index in [1.165, 1.54) is 68.4 Å². The van der Waals surface area contributed by atoms with Gasteiger partial charge in [-0.15, -0.1) is 22.7 Å². The molecule has 1 unspecified atom stereocenters. The van der Waals surface area contributed by atoms with Crippen LogP contribution in [0.2, 0.25) is 0 Å². The summed E-state index contributed by atoms with van der Waals surface area (Å²) in [4.78, 5) is 2.68. The van der Waals surface area contributed by atoms with E-state index in [2.05, 4.69) is 89.8 Å². The summed E-state index contributed by atoms with van der Waals surface area (Å²) in [5, 5.41) is 7.09. The van der Waals surface area contributed by atoms with Gasteiger partial charge in [0.15, 0.2) is 0 Å². The summed E-state index contributed by atoms with van der Waals surface area (Å²) in [5.41, 5.74) is 5.38. The lowest BCUT2D eigenvalue weighted by Gasteiger charge is -2.17. The summed E-state index contributed by atoms with van der Waals surface area (Å²) < 4.78 is 2.59. The molecule has 0 fully saturated rings. The minimum Gasteiger partial charge on any atom is -0.340 e. The van der Waals surface area contributed by atoms with Gasteiger partial charge in [0.05, 0.1) is 0 Å². The molecule has 0 aliphatic carbocycles. The molecule has 2 aromatic carbocycles. The van der Waals surface area contributed by atoms with E-state index in [1.807, 2.05) is 22.7 Å². The van der Waals surface area contributed by atoms with Crippen molar-refractivity contribution in [2.75, 3.05) is 0 Å². The van der Waals surface area contributed by atoms with Crippen LogP contribution in [0, 0.1) is 5.92 Å². The van der Waals surface area contributed by atoms with Crippen LogP contribution in [0.3, 0.4) is 0 Å². The van der Waals surface area contributed by atoms with Crippen LogP contribution in [0.1, 0.15) is 39.5 Å². The first kappa shape index (κ1) is 20.5. The molecule has 158 valence electrons. The Kier molecular flexibility index (Phi) is 5.97. The predicted octanol–water partition coefficient (Wildman–Crippen LogP) is 9.47. The van der Waals surface area contributed by atoms with E-state index in [9.17, 15) is 0 Å². The second-order valence-corrected chi connectivity index (χ2v) is 10.3. The van der Waals surface area contributed by atoms with Gasteiger partial charge in [-0.2, -0.15) is 0 Å². The number of fused-ring (bicyclic) bond motifs is 3. The molecule has 5 rings (SSSR count). The molecule has 0 aliphatic heterocycles. The average Bonchev–Trinajstić information content (AvgIpc) is 3.57. The lowest BCUT2D eigenvalue weighted by Crippen LogP contribution is -2.10. The summed E-state index contributed by atoms with van der Waals surface area (Å²) in [6.07, 6.45) is 5.15. The number of nitrogens with zero attached hydrogens (tertiary/aromatic N) is 1. The first-order valence-electron chi connectivity index (χ1n) is 11.4. The number of hydrogen-bond acceptors (Lipinski definition) is 2. The van der Waals surface area contributed by atoms with Gasteiger partial charge in [-0.05, 0) is 70.6 Å². The van der Waals surface area contributed by atoms with E-state index in [1.54, 1.807) is 0 Å². The van der Waals surface area contributed by atoms with Gasteiger partial charge in [0.25, 0.3) is 0 Å². The molecule has 0 radical (unpaired) electrons. The van der Waals surface area contributed by atoms with Gasteiger partial charge >= 0.3 is 0 Å². The van der Waals surface area contributed by atoms with Gasteiger partial charge in [0, 0.05) is 38.1 Å². The third-order valence-corrected chi connectivity index (χ3v) is 8.30. The summed E-state index contributed by atoms with van der Waals surface area (Å²) >= 11 is 3.63. The molecule has 1 nitrogen and oxygen atoms in total. The number of unbranched alkanes of at least 4 members (excludes halogenated alkanes) is 1. The Hall–Kier alpha value is -2.36. The standard InChI is InChI=1S/C28H29NS2/c1-3-5-8-20(4-2)19-29-25-13-11-21(27-9-6-15-30-27)17-23(25)24-18-22(12-14-26(24)29)28-10-7-16-31-28/h6-7,9-18,20H,3-5,8,19H2,1-2H3. The van der Waals surface area contributed by atoms with Gasteiger partial charge in [-0.3, -0.25) is 0 Å². The maximum atomic E-state index is 2.59. The molecule has 0 saturated heterocycles. The molecule has 31 heavy (non-hydrogen) atoms. The number of aromatic nitrogens is 1. The van der Waals surface area contributed by atoms with E-state index in [-0.39, 0.29) is 0 Å². The van der Waals surface area contributed by atoms with Gasteiger partial charge in [0.2, 0.25) is 0 Å². The molecule has 0 aliphatic rings. The van der Waals surface area contributed by atoms with Gasteiger partial charge in [0.1, 0.15) is 0 Å². The lowest BCUT2D eigenvalue weighted by molar-refractivity contribution is 0.401. The molecule has 0 saturated carbocycles. The summed E-state index contributed by atoms with van der Waals surface area (Å²) in [7, 11) is 0. The smallest absolute Gasteiger partial charge is 0.0491 e. The minimum absolute atomic E-state index is 0.729. The minimum atomic E-state index is 0.729. The first-order valence-corrected chi connectivity index (χ1v) is 13.2. The number of rotatable bonds is 8. The molecule has 3 heteroatoms. The zero-order valence-electron chi connectivity index (χ0n) is 18.3. The fraction of sp³-hybridized carbons (Fsp3) is 0.286. The third kappa shape index (κ3) is 3.97. The average molecular weight is 444 g/mol. The topological polar surface area (TPSA) is 4.93 Å². The number of hydrogen-bond donors (Lipinski definition) is 0. The zero-order valence-corrected chi connectivity index (χ0v) is 19.9. The maximum Gasteiger partial charge on any atom is 0.0491 e. The van der Waals surface area contributed by atoms with E-state index in [4.69, 9.17) is 0 Å². The fourth-order valence-corrected chi connectivity index (χ4v) is 6.12. The van der Waals surface area contributed by atoms with Crippen molar-refractivity contribution < 1.29 is 0 Å². The van der Waals surface area contributed by atoms with Crippen molar-refractivity contribution in [1.29, 1.82) is 0 Å². The van der Waals surface area contributed by atoms with Crippen LogP contribution in [-0.4, -0.2) is 4.57 Å². The van der Waals surface area contributed by atoms with Crippen molar-refractivity contribution in [2.24, 2.45) is 5.92 Å². The van der Waals surface area contributed by atoms with Crippen molar-refractivity contribution in [3.63, 3.8) is 0 Å². The van der Waals surface area contributed by atoms with Crippen LogP contribution >= 0.6 is 22.7 Å². The molecule has 0 bridgehead atoms. The van der Waals surface area contributed by atoms with Crippen LogP contribution in [0.25, 0.3) is 42.7 Å². The van der Waals surface area contributed by atoms with Crippen molar-refractivity contribution in [1.82, 2.24) is 4.57 Å². The van der Waals surface area contributed by atoms with Crippen molar-refractivity contribution in [3.05, 3.63) is 71.4 Å². The predicted molar refractivity (Wildman–Crippen MR) is 139 cm³/mol. The van der Waals surface area contributed by atoms with E-state index >= 15 is 0 Å². The highest BCUT2D eigenvalue weighted by molar-refractivity contribution is 7.13. The van der Waals surface area contributed by atoms with Crippen molar-refractivity contribution in [2.45, 2.75) is 46.1 Å². The van der Waals surface area contributed by atoms with E-state index in [0.717, 1.165) is 12.5 Å². The molecule has 0 amide bonds. The Labute approximate surface area is 193 Å². The Morgan fingerprint density at radius 3 is 1.81 bits per heavy atom. The first-order chi connectivity index (χ1) is 15.3. The largest absolute Gasteiger partial charge is 0.340 e. The molecule has 5 aromatic rings. The fourth-order valence-electron chi connectivity index (χ4n) is 4.67. The van der Waals surface area contributed by atoms with Crippen molar-refractivity contribution >= 4 is 44.5 Å². The van der Waals surface area contributed by atoms with Gasteiger partial charge < -0.3 is 4.57 Å². The van der Waals surface area contributed by atoms with Crippen molar-refractivity contribution in [3.8, 4) is 20.9 Å². The third-order valence-electron chi connectivity index (χ3n) is 6.46. The monoisotopic (exact) mass is 443 g/mol. The van der Waals surface area contributed by atoms with E-state index in [0.29, 0.717) is 0 Å². The molecule has 1 atom stereocenters. The molecular weight excluding hydrogens is 414 g/mol. The van der Waals surface area contributed by atoms with Crippen LogP contribution in [0.4, 0.5) is 0 Å². The molecule has 0 spiro atoms. The zero-order chi connectivity index (χ0) is 21.2. The second kappa shape index (κ2) is 9.02. The van der Waals surface area contributed by atoms with Crippen LogP contribution in [-0.2, 0) is 6.54 Å². The van der Waals surface area contributed by atoms with E-state index < -0.39 is 0 Å². The highest BCUT2D eigenvalue weighted by atomic mass is 32.1. The van der Waals surface area contributed by atoms with Crippen LogP contribution in [0.15, 0.2) is 71.4 Å². The molecular formula is C28H29NS2.